The van der Waals surface area contributed by atoms with Gasteiger partial charge in [-0.15, -0.1) is 0 Å². The second-order valence-electron chi connectivity index (χ2n) is 6.62. The predicted octanol–water partition coefficient (Wildman–Crippen LogP) is 3.98. The minimum absolute atomic E-state index is 0.0706. The number of nitrogens with zero attached hydrogens (tertiary/aromatic N) is 3. The highest BCUT2D eigenvalue weighted by atomic mass is 19.4. The van der Waals surface area contributed by atoms with E-state index in [4.69, 9.17) is 0 Å². The number of imidazole rings is 1. The van der Waals surface area contributed by atoms with E-state index in [-0.39, 0.29) is 24.5 Å². The van der Waals surface area contributed by atoms with E-state index >= 15 is 0 Å². The first-order chi connectivity index (χ1) is 12.1. The highest BCUT2D eigenvalue weighted by molar-refractivity contribution is 5.74. The van der Waals surface area contributed by atoms with Crippen LogP contribution in [0.3, 0.4) is 0 Å². The number of amides is 2. The molecular weight excluding hydrogens is 345 g/mol. The molecule has 0 saturated carbocycles. The third-order valence-electron chi connectivity index (χ3n) is 4.10. The van der Waals surface area contributed by atoms with Gasteiger partial charge in [0.2, 0.25) is 0 Å². The number of hydrogen-bond donors (Lipinski definition) is 1. The molecule has 2 rings (SSSR count). The molecular formula is C18H23F3N4O. The van der Waals surface area contributed by atoms with Crippen molar-refractivity contribution in [2.75, 3.05) is 7.05 Å². The lowest BCUT2D eigenvalue weighted by Gasteiger charge is -2.26. The first kappa shape index (κ1) is 19.8. The van der Waals surface area contributed by atoms with E-state index < -0.39 is 11.7 Å². The van der Waals surface area contributed by atoms with Crippen LogP contribution < -0.4 is 5.32 Å². The normalized spacial score (nSPS) is 12.9. The minimum Gasteiger partial charge on any atom is -0.336 e. The van der Waals surface area contributed by atoms with Crippen molar-refractivity contribution in [3.63, 3.8) is 0 Å². The lowest BCUT2D eigenvalue weighted by molar-refractivity contribution is -0.137. The van der Waals surface area contributed by atoms with Crippen LogP contribution in [0.4, 0.5) is 18.0 Å². The molecule has 26 heavy (non-hydrogen) atoms. The van der Waals surface area contributed by atoms with Crippen molar-refractivity contribution in [3.05, 3.63) is 53.6 Å². The van der Waals surface area contributed by atoms with Gasteiger partial charge in [0, 0.05) is 33.0 Å². The van der Waals surface area contributed by atoms with Gasteiger partial charge in [-0.3, -0.25) is 0 Å². The average Bonchev–Trinajstić information content (AvgIpc) is 2.97. The standard InChI is InChI=1S/C18H23F3N4O/c1-12(2)15(16-22-8-9-24(16)3)23-17(26)25(4)11-13-6-5-7-14(10-13)18(19,20)21/h5-10,12,15H,11H2,1-4H3,(H,23,26). The summed E-state index contributed by atoms with van der Waals surface area (Å²) in [7, 11) is 3.39. The number of halogens is 3. The van der Waals surface area contributed by atoms with Gasteiger partial charge in [0.25, 0.3) is 0 Å². The third kappa shape index (κ3) is 4.77. The fraction of sp³-hybridized carbons (Fsp3) is 0.444. The smallest absolute Gasteiger partial charge is 0.336 e. The van der Waals surface area contributed by atoms with Gasteiger partial charge >= 0.3 is 12.2 Å². The molecule has 0 aliphatic rings. The van der Waals surface area contributed by atoms with Crippen molar-refractivity contribution in [1.29, 1.82) is 0 Å². The number of alkyl halides is 3. The number of carbonyl (C=O) groups is 1. The van der Waals surface area contributed by atoms with Crippen LogP contribution in [0, 0.1) is 5.92 Å². The van der Waals surface area contributed by atoms with Gasteiger partial charge in [-0.2, -0.15) is 13.2 Å². The molecule has 0 bridgehead atoms. The van der Waals surface area contributed by atoms with Crippen molar-refractivity contribution in [3.8, 4) is 0 Å². The largest absolute Gasteiger partial charge is 0.416 e. The Kier molecular flexibility index (Phi) is 5.94. The summed E-state index contributed by atoms with van der Waals surface area (Å²) in [5.41, 5.74) is -0.313. The summed E-state index contributed by atoms with van der Waals surface area (Å²) in [4.78, 5) is 18.1. The second-order valence-corrected chi connectivity index (χ2v) is 6.62. The molecule has 0 radical (unpaired) electrons. The van der Waals surface area contributed by atoms with E-state index in [9.17, 15) is 18.0 Å². The van der Waals surface area contributed by atoms with Gasteiger partial charge in [-0.05, 0) is 23.6 Å². The number of aryl methyl sites for hydroxylation is 1. The molecule has 0 saturated heterocycles. The zero-order valence-electron chi connectivity index (χ0n) is 15.2. The number of nitrogens with one attached hydrogen (secondary N) is 1. The Morgan fingerprint density at radius 2 is 2.04 bits per heavy atom. The van der Waals surface area contributed by atoms with Crippen LogP contribution in [-0.4, -0.2) is 27.5 Å². The number of urea groups is 1. The maximum atomic E-state index is 12.8. The van der Waals surface area contributed by atoms with Crippen LogP contribution in [-0.2, 0) is 19.8 Å². The molecule has 0 aliphatic heterocycles. The van der Waals surface area contributed by atoms with Crippen LogP contribution >= 0.6 is 0 Å². The molecule has 0 spiro atoms. The van der Waals surface area contributed by atoms with Crippen molar-refractivity contribution in [2.24, 2.45) is 13.0 Å². The monoisotopic (exact) mass is 368 g/mol. The van der Waals surface area contributed by atoms with E-state index in [0.717, 1.165) is 18.0 Å². The van der Waals surface area contributed by atoms with Crippen molar-refractivity contribution >= 4 is 6.03 Å². The van der Waals surface area contributed by atoms with Crippen LogP contribution in [0.15, 0.2) is 36.7 Å². The van der Waals surface area contributed by atoms with Crippen molar-refractivity contribution < 1.29 is 18.0 Å². The molecule has 142 valence electrons. The van der Waals surface area contributed by atoms with Gasteiger partial charge in [-0.1, -0.05) is 26.0 Å². The third-order valence-corrected chi connectivity index (χ3v) is 4.10. The molecule has 1 N–H and O–H groups in total. The highest BCUT2D eigenvalue weighted by Gasteiger charge is 2.30. The molecule has 1 unspecified atom stereocenters. The Hall–Kier alpha value is -2.51. The van der Waals surface area contributed by atoms with Gasteiger partial charge in [0.05, 0.1) is 11.6 Å². The lowest BCUT2D eigenvalue weighted by Crippen LogP contribution is -2.41. The summed E-state index contributed by atoms with van der Waals surface area (Å²) in [6.45, 7) is 4.00. The minimum atomic E-state index is -4.40. The Labute approximate surface area is 150 Å². The molecule has 1 atom stereocenters. The highest BCUT2D eigenvalue weighted by Crippen LogP contribution is 2.29. The van der Waals surface area contributed by atoms with Crippen LogP contribution in [0.5, 0.6) is 0 Å². The molecule has 8 heteroatoms. The summed E-state index contributed by atoms with van der Waals surface area (Å²) < 4.78 is 40.3. The molecule has 0 aliphatic carbocycles. The van der Waals surface area contributed by atoms with E-state index in [0.29, 0.717) is 5.56 Å². The molecule has 1 heterocycles. The lowest BCUT2D eigenvalue weighted by atomic mass is 10.0. The maximum Gasteiger partial charge on any atom is 0.416 e. The summed E-state index contributed by atoms with van der Waals surface area (Å²) >= 11 is 0. The Balaban J connectivity index is 2.08. The van der Waals surface area contributed by atoms with Gasteiger partial charge in [0.1, 0.15) is 5.82 Å². The number of hydrogen-bond acceptors (Lipinski definition) is 2. The first-order valence-corrected chi connectivity index (χ1v) is 8.24. The van der Waals surface area contributed by atoms with E-state index in [2.05, 4.69) is 10.3 Å². The van der Waals surface area contributed by atoms with Crippen LogP contribution in [0.1, 0.15) is 36.8 Å². The number of carbonyl (C=O) groups excluding carboxylic acids is 1. The van der Waals surface area contributed by atoms with Gasteiger partial charge < -0.3 is 14.8 Å². The topological polar surface area (TPSA) is 50.2 Å². The molecule has 1 aromatic carbocycles. The first-order valence-electron chi connectivity index (χ1n) is 8.24. The van der Waals surface area contributed by atoms with Crippen LogP contribution in [0.25, 0.3) is 0 Å². The summed E-state index contributed by atoms with van der Waals surface area (Å²) in [6.07, 6.45) is -0.954. The average molecular weight is 368 g/mol. The van der Waals surface area contributed by atoms with E-state index in [1.165, 1.54) is 11.0 Å². The van der Waals surface area contributed by atoms with E-state index in [1.807, 2.05) is 25.5 Å². The van der Waals surface area contributed by atoms with Crippen molar-refractivity contribution in [1.82, 2.24) is 19.8 Å². The Bertz CT molecular complexity index is 755. The molecule has 1 aromatic heterocycles. The van der Waals surface area contributed by atoms with Crippen LogP contribution in [0.2, 0.25) is 0 Å². The summed E-state index contributed by atoms with van der Waals surface area (Å²) in [5.74, 6) is 0.822. The van der Waals surface area contributed by atoms with Crippen molar-refractivity contribution in [2.45, 2.75) is 32.6 Å². The zero-order valence-corrected chi connectivity index (χ0v) is 15.2. The molecule has 2 aromatic rings. The maximum absolute atomic E-state index is 12.8. The zero-order chi connectivity index (χ0) is 19.5. The number of rotatable bonds is 5. The summed E-state index contributed by atoms with van der Waals surface area (Å²) in [5, 5.41) is 2.91. The number of benzene rings is 1. The van der Waals surface area contributed by atoms with Gasteiger partial charge in [-0.25, -0.2) is 9.78 Å². The second kappa shape index (κ2) is 7.80. The predicted molar refractivity (Wildman–Crippen MR) is 92.2 cm³/mol. The Morgan fingerprint density at radius 3 is 2.58 bits per heavy atom. The van der Waals surface area contributed by atoms with E-state index in [1.54, 1.807) is 25.5 Å². The van der Waals surface area contributed by atoms with Gasteiger partial charge in [0.15, 0.2) is 0 Å². The Morgan fingerprint density at radius 1 is 1.35 bits per heavy atom. The fourth-order valence-electron chi connectivity index (χ4n) is 2.64. The molecule has 5 nitrogen and oxygen atoms in total. The molecule has 2 amide bonds. The molecule has 0 fully saturated rings. The number of aromatic nitrogens is 2. The summed E-state index contributed by atoms with van der Waals surface area (Å²) in [6, 6.07) is 4.31. The fourth-order valence-corrected chi connectivity index (χ4v) is 2.64. The quantitative estimate of drug-likeness (QED) is 0.868. The SMILES string of the molecule is CC(C)C(NC(=O)N(C)Cc1cccc(C(F)(F)F)c1)c1nccn1C.